The van der Waals surface area contributed by atoms with Gasteiger partial charge in [-0.15, -0.1) is 0 Å². The van der Waals surface area contributed by atoms with E-state index < -0.39 is 22.6 Å². The largest absolute Gasteiger partial charge is 0.235 e. The Balaban J connectivity index is 1.83. The first-order valence-corrected chi connectivity index (χ1v) is 17.2. The van der Waals surface area contributed by atoms with Crippen molar-refractivity contribution in [2.24, 2.45) is 0 Å². The molecule has 2 saturated carbocycles. The Kier molecular flexibility index (Phi) is 9.72. The fourth-order valence-corrected chi connectivity index (χ4v) is 12.5. The Hall–Kier alpha value is 3.13. The van der Waals surface area contributed by atoms with Crippen molar-refractivity contribution in [1.29, 1.82) is 0 Å². The smallest absolute Gasteiger partial charge is 0.225 e. The summed E-state index contributed by atoms with van der Waals surface area (Å²) in [5.41, 5.74) is 0. The van der Waals surface area contributed by atoms with Gasteiger partial charge in [0.05, 0.1) is 10.5 Å². The zero-order valence-corrected chi connectivity index (χ0v) is 26.1. The van der Waals surface area contributed by atoms with Crippen molar-refractivity contribution < 1.29 is 16.8 Å². The number of hydrogen-bond donors (Lipinski definition) is 0. The van der Waals surface area contributed by atoms with Crippen molar-refractivity contribution >= 4 is 127 Å². The molecule has 4 nitrogen and oxygen atoms in total. The maximum atomic E-state index is 12.5. The third-order valence-electron chi connectivity index (χ3n) is 5.15. The molecule has 2 aliphatic rings. The molecular weight excluding hydrogens is 808 g/mol. The quantitative estimate of drug-likeness (QED) is 0.293. The highest BCUT2D eigenvalue weighted by atomic mass is 80.0. The molecule has 0 aromatic rings. The van der Waals surface area contributed by atoms with Crippen LogP contribution in [0.1, 0.15) is 51.4 Å². The van der Waals surface area contributed by atoms with Gasteiger partial charge in [-0.25, -0.2) is 16.8 Å². The van der Waals surface area contributed by atoms with Crippen LogP contribution in [0.25, 0.3) is 0 Å². The van der Waals surface area contributed by atoms with Gasteiger partial charge in [-0.2, -0.15) is 11.8 Å². The van der Waals surface area contributed by atoms with Gasteiger partial charge in [0.1, 0.15) is 0 Å². The highest BCUT2D eigenvalue weighted by Gasteiger charge is 2.45. The average Bonchev–Trinajstić information content (AvgIpc) is 2.54. The Morgan fingerprint density at radius 2 is 0.815 bits per heavy atom. The van der Waals surface area contributed by atoms with E-state index in [2.05, 4.69) is 95.6 Å². The fraction of sp³-hybridized carbons (Fsp3) is 1.00. The van der Waals surface area contributed by atoms with Gasteiger partial charge in [0.2, 0.25) is 2.95 Å². The van der Waals surface area contributed by atoms with Crippen molar-refractivity contribution in [1.82, 2.24) is 0 Å². The molecule has 0 heterocycles. The highest BCUT2D eigenvalue weighted by Crippen LogP contribution is 2.48. The minimum atomic E-state index is -3.33. The van der Waals surface area contributed by atoms with Gasteiger partial charge in [0.25, 0.3) is 0 Å². The molecule has 0 amide bonds. The van der Waals surface area contributed by atoms with Crippen LogP contribution in [0.3, 0.4) is 0 Å². The molecule has 160 valence electrons. The lowest BCUT2D eigenvalue weighted by atomic mass is 9.99. The Bertz CT molecular complexity index is 651. The standard InChI is InChI=1S/C14H20Br6O4S3/c15-13(16,17)26(21,22)11-5-1-9(2-6-11)25-10-3-7-12(8-4-10)27(23,24)14(18,19)20/h9-12H,1-8H2. The Morgan fingerprint density at radius 3 is 1.04 bits per heavy atom. The number of thioether (sulfide) groups is 1. The van der Waals surface area contributed by atoms with E-state index in [1.165, 1.54) is 0 Å². The zero-order chi connectivity index (χ0) is 20.7. The number of rotatable bonds is 4. The summed E-state index contributed by atoms with van der Waals surface area (Å²) in [4.78, 5) is 0. The molecule has 0 unspecified atom stereocenters. The number of alkyl halides is 6. The van der Waals surface area contributed by atoms with E-state index in [0.29, 0.717) is 36.2 Å². The van der Waals surface area contributed by atoms with Crippen LogP contribution in [-0.4, -0.2) is 40.8 Å². The van der Waals surface area contributed by atoms with Crippen molar-refractivity contribution in [3.8, 4) is 0 Å². The van der Waals surface area contributed by atoms with Crippen LogP contribution in [0.2, 0.25) is 0 Å². The summed E-state index contributed by atoms with van der Waals surface area (Å²) in [7, 11) is -6.67. The maximum Gasteiger partial charge on any atom is 0.235 e. The van der Waals surface area contributed by atoms with E-state index in [1.807, 2.05) is 11.8 Å². The summed E-state index contributed by atoms with van der Waals surface area (Å²) < 4.78 is 47.5. The lowest BCUT2D eigenvalue weighted by Gasteiger charge is -2.35. The SMILES string of the molecule is O=S(=O)(C1CCC(SC2CCC(S(=O)(=O)C(Br)(Br)Br)CC2)CC1)C(Br)(Br)Br. The molecule has 0 N–H and O–H groups in total. The van der Waals surface area contributed by atoms with Gasteiger partial charge in [-0.1, -0.05) is 0 Å². The first-order chi connectivity index (χ1) is 12.2. The predicted octanol–water partition coefficient (Wildman–Crippen LogP) is 6.76. The van der Waals surface area contributed by atoms with Gasteiger partial charge in [-0.05, 0) is 147 Å². The van der Waals surface area contributed by atoms with E-state index >= 15 is 0 Å². The summed E-state index contributed by atoms with van der Waals surface area (Å²) in [5.74, 6) is 0. The first-order valence-electron chi connectivity index (χ1n) is 8.42. The normalized spacial score (nSPS) is 31.6. The molecule has 0 radical (unpaired) electrons. The van der Waals surface area contributed by atoms with Gasteiger partial charge in [-0.3, -0.25) is 0 Å². The van der Waals surface area contributed by atoms with Gasteiger partial charge in [0.15, 0.2) is 19.7 Å². The average molecular weight is 828 g/mol. The second-order valence-electron chi connectivity index (χ2n) is 6.92. The van der Waals surface area contributed by atoms with Crippen LogP contribution >= 0.6 is 107 Å². The van der Waals surface area contributed by atoms with Gasteiger partial charge < -0.3 is 0 Å². The zero-order valence-electron chi connectivity index (χ0n) is 14.1. The van der Waals surface area contributed by atoms with Crippen LogP contribution < -0.4 is 0 Å². The maximum absolute atomic E-state index is 12.5. The first kappa shape index (κ1) is 26.4. The van der Waals surface area contributed by atoms with E-state index in [0.717, 1.165) is 25.7 Å². The second-order valence-corrected chi connectivity index (χ2v) is 29.9. The lowest BCUT2D eigenvalue weighted by Crippen LogP contribution is -2.36. The topological polar surface area (TPSA) is 68.3 Å². The summed E-state index contributed by atoms with van der Waals surface area (Å²) >= 11 is 20.8. The van der Waals surface area contributed by atoms with Gasteiger partial charge in [0, 0.05) is 10.5 Å². The van der Waals surface area contributed by atoms with Crippen LogP contribution in [0.4, 0.5) is 0 Å². The minimum Gasteiger partial charge on any atom is -0.225 e. The Labute approximate surface area is 216 Å². The predicted molar refractivity (Wildman–Crippen MR) is 137 cm³/mol. The molecule has 2 rings (SSSR count). The minimum absolute atomic E-state index is 0.349. The molecule has 0 atom stereocenters. The van der Waals surface area contributed by atoms with E-state index in [9.17, 15) is 16.8 Å². The highest BCUT2D eigenvalue weighted by molar-refractivity contribution is 9.42. The summed E-state index contributed by atoms with van der Waals surface area (Å²) in [6.45, 7) is 0. The summed E-state index contributed by atoms with van der Waals surface area (Å²) in [6, 6.07) is 0. The third-order valence-corrected chi connectivity index (χ3v) is 19.0. The molecule has 2 aliphatic carbocycles. The summed E-state index contributed by atoms with van der Waals surface area (Å²) in [5, 5.41) is 0.205. The fourth-order valence-electron chi connectivity index (χ4n) is 3.61. The molecule has 0 bridgehead atoms. The third kappa shape index (κ3) is 6.57. The summed E-state index contributed by atoms with van der Waals surface area (Å²) in [6.07, 6.45) is 6.15. The van der Waals surface area contributed by atoms with E-state index in [4.69, 9.17) is 0 Å². The molecule has 13 heteroatoms. The monoisotopic (exact) mass is 822 g/mol. The molecule has 0 aliphatic heterocycles. The number of hydrogen-bond acceptors (Lipinski definition) is 5. The molecule has 0 saturated heterocycles. The molecule has 0 aromatic carbocycles. The van der Waals surface area contributed by atoms with E-state index in [1.54, 1.807) is 0 Å². The molecular formula is C14H20Br6O4S3. The van der Waals surface area contributed by atoms with Crippen molar-refractivity contribution in [3.05, 3.63) is 0 Å². The number of halogens is 6. The second kappa shape index (κ2) is 9.95. The van der Waals surface area contributed by atoms with Crippen molar-refractivity contribution in [3.63, 3.8) is 0 Å². The molecule has 0 spiro atoms. The van der Waals surface area contributed by atoms with E-state index in [-0.39, 0.29) is 10.5 Å². The van der Waals surface area contributed by atoms with Crippen molar-refractivity contribution in [2.75, 3.05) is 0 Å². The lowest BCUT2D eigenvalue weighted by molar-refractivity contribution is 0.478. The van der Waals surface area contributed by atoms with Gasteiger partial charge >= 0.3 is 0 Å². The van der Waals surface area contributed by atoms with Crippen LogP contribution in [-0.2, 0) is 19.7 Å². The van der Waals surface area contributed by atoms with Crippen molar-refractivity contribution in [2.45, 2.75) is 75.3 Å². The molecule has 2 fully saturated rings. The molecule has 27 heavy (non-hydrogen) atoms. The van der Waals surface area contributed by atoms with Crippen LogP contribution in [0, 0.1) is 0 Å². The molecule has 0 aromatic heterocycles. The number of sulfone groups is 2. The van der Waals surface area contributed by atoms with Crippen LogP contribution in [0.5, 0.6) is 0 Å². The van der Waals surface area contributed by atoms with Crippen LogP contribution in [0.15, 0.2) is 0 Å². The Morgan fingerprint density at radius 1 is 0.556 bits per heavy atom.